The molecule has 0 aliphatic carbocycles. The standard InChI is InChI=1S/C18H16N3/c1-11-7-15-10-20-9-14-5-6-16(19-4)8-17(14)21(20)18(15)13(3)12(11)2/h5-9H,10H2,1-3H3/q+1. The zero-order valence-corrected chi connectivity index (χ0v) is 12.4. The summed E-state index contributed by atoms with van der Waals surface area (Å²) >= 11 is 0. The summed E-state index contributed by atoms with van der Waals surface area (Å²) in [5.41, 5.74) is 8.50. The van der Waals surface area contributed by atoms with Gasteiger partial charge in [0.25, 0.3) is 0 Å². The van der Waals surface area contributed by atoms with Crippen LogP contribution in [0.3, 0.4) is 0 Å². The fourth-order valence-corrected chi connectivity index (χ4v) is 3.36. The van der Waals surface area contributed by atoms with E-state index in [0.29, 0.717) is 5.69 Å². The Hall–Kier alpha value is -2.60. The second-order valence-electron chi connectivity index (χ2n) is 5.84. The highest BCUT2D eigenvalue weighted by molar-refractivity contribution is 5.83. The minimum absolute atomic E-state index is 0.693. The van der Waals surface area contributed by atoms with E-state index in [4.69, 9.17) is 6.57 Å². The topological polar surface area (TPSA) is 13.2 Å². The van der Waals surface area contributed by atoms with E-state index in [1.807, 2.05) is 18.2 Å². The second kappa shape index (κ2) is 3.95. The van der Waals surface area contributed by atoms with Crippen molar-refractivity contribution in [2.45, 2.75) is 27.3 Å². The molecule has 3 nitrogen and oxygen atoms in total. The lowest BCUT2D eigenvalue weighted by Crippen LogP contribution is -2.36. The summed E-state index contributed by atoms with van der Waals surface area (Å²) in [6.07, 6.45) is 2.17. The Morgan fingerprint density at radius 2 is 1.95 bits per heavy atom. The van der Waals surface area contributed by atoms with E-state index in [0.717, 1.165) is 12.1 Å². The third-order valence-electron chi connectivity index (χ3n) is 4.66. The first kappa shape index (κ1) is 12.2. The van der Waals surface area contributed by atoms with Crippen molar-refractivity contribution >= 4 is 16.6 Å². The average molecular weight is 274 g/mol. The van der Waals surface area contributed by atoms with Gasteiger partial charge in [-0.05, 0) is 49.6 Å². The third kappa shape index (κ3) is 1.50. The lowest BCUT2D eigenvalue weighted by Gasteiger charge is -2.09. The first-order valence-corrected chi connectivity index (χ1v) is 7.13. The molecule has 0 saturated heterocycles. The normalized spacial score (nSPS) is 12.3. The largest absolute Gasteiger partial charge is 0.238 e. The Labute approximate surface area is 123 Å². The first-order valence-electron chi connectivity index (χ1n) is 7.13. The molecule has 0 amide bonds. The monoisotopic (exact) mass is 274 g/mol. The highest BCUT2D eigenvalue weighted by atomic mass is 15.4. The smallest absolute Gasteiger partial charge is 0.204 e. The van der Waals surface area contributed by atoms with Crippen LogP contribution in [0.25, 0.3) is 21.4 Å². The average Bonchev–Trinajstić information content (AvgIpc) is 2.99. The number of aryl methyl sites for hydroxylation is 1. The van der Waals surface area contributed by atoms with Gasteiger partial charge in [-0.2, -0.15) is 0 Å². The van der Waals surface area contributed by atoms with Gasteiger partial charge in [0.2, 0.25) is 6.20 Å². The molecule has 0 saturated carbocycles. The molecule has 2 heterocycles. The van der Waals surface area contributed by atoms with E-state index in [9.17, 15) is 0 Å². The van der Waals surface area contributed by atoms with E-state index < -0.39 is 0 Å². The fraction of sp³-hybridized carbons (Fsp3) is 0.222. The molecule has 3 heteroatoms. The van der Waals surface area contributed by atoms with Crippen LogP contribution in [0.15, 0.2) is 30.5 Å². The van der Waals surface area contributed by atoms with Crippen LogP contribution in [0, 0.1) is 27.3 Å². The summed E-state index contributed by atoms with van der Waals surface area (Å²) in [5.74, 6) is 0. The van der Waals surface area contributed by atoms with Crippen LogP contribution < -0.4 is 4.68 Å². The SMILES string of the molecule is [C-]#[N+]c1ccc2c[n+]3n(c2c1)-c1c(cc(C)c(C)c1C)C3. The molecule has 0 radical (unpaired) electrons. The quantitative estimate of drug-likeness (QED) is 0.342. The van der Waals surface area contributed by atoms with Crippen molar-refractivity contribution < 1.29 is 4.68 Å². The highest BCUT2D eigenvalue weighted by Crippen LogP contribution is 2.32. The molecule has 0 unspecified atom stereocenters. The number of rotatable bonds is 0. The minimum Gasteiger partial charge on any atom is -0.238 e. The van der Waals surface area contributed by atoms with E-state index in [2.05, 4.69) is 47.2 Å². The fourth-order valence-electron chi connectivity index (χ4n) is 3.36. The van der Waals surface area contributed by atoms with Crippen molar-refractivity contribution in [3.63, 3.8) is 0 Å². The molecule has 4 rings (SSSR count). The van der Waals surface area contributed by atoms with Gasteiger partial charge in [-0.25, -0.2) is 4.85 Å². The van der Waals surface area contributed by atoms with Crippen LogP contribution in [0.2, 0.25) is 0 Å². The summed E-state index contributed by atoms with van der Waals surface area (Å²) in [6.45, 7) is 14.7. The molecular formula is C18H16N3+. The van der Waals surface area contributed by atoms with Crippen LogP contribution >= 0.6 is 0 Å². The Kier molecular flexibility index (Phi) is 2.29. The first-order chi connectivity index (χ1) is 10.1. The number of hydrogen-bond acceptors (Lipinski definition) is 0. The minimum atomic E-state index is 0.693. The van der Waals surface area contributed by atoms with Gasteiger partial charge in [-0.3, -0.25) is 0 Å². The van der Waals surface area contributed by atoms with Gasteiger partial charge >= 0.3 is 0 Å². The van der Waals surface area contributed by atoms with Gasteiger partial charge in [-0.15, -0.1) is 9.36 Å². The lowest BCUT2D eigenvalue weighted by atomic mass is 9.98. The lowest BCUT2D eigenvalue weighted by molar-refractivity contribution is -0.749. The predicted molar refractivity (Wildman–Crippen MR) is 83.0 cm³/mol. The van der Waals surface area contributed by atoms with E-state index >= 15 is 0 Å². The second-order valence-corrected chi connectivity index (χ2v) is 5.84. The molecule has 3 aromatic rings. The molecule has 102 valence electrons. The van der Waals surface area contributed by atoms with Gasteiger partial charge in [0, 0.05) is 5.56 Å². The maximum Gasteiger partial charge on any atom is 0.204 e. The maximum absolute atomic E-state index is 7.23. The van der Waals surface area contributed by atoms with Gasteiger partial charge < -0.3 is 0 Å². The molecule has 0 fully saturated rings. The molecule has 0 spiro atoms. The Bertz CT molecular complexity index is 955. The van der Waals surface area contributed by atoms with Gasteiger partial charge in [-0.1, -0.05) is 12.1 Å². The highest BCUT2D eigenvalue weighted by Gasteiger charge is 2.30. The maximum atomic E-state index is 7.23. The molecular weight excluding hydrogens is 258 g/mol. The third-order valence-corrected chi connectivity index (χ3v) is 4.66. The van der Waals surface area contributed by atoms with E-state index in [1.54, 1.807) is 0 Å². The predicted octanol–water partition coefficient (Wildman–Crippen LogP) is 3.76. The van der Waals surface area contributed by atoms with E-state index in [-0.39, 0.29) is 0 Å². The number of hydrogen-bond donors (Lipinski definition) is 0. The number of nitrogens with zero attached hydrogens (tertiary/aromatic N) is 3. The summed E-state index contributed by atoms with van der Waals surface area (Å²) in [6, 6.07) is 8.21. The van der Waals surface area contributed by atoms with Crippen molar-refractivity contribution in [3.05, 3.63) is 64.1 Å². The Balaban J connectivity index is 2.11. The van der Waals surface area contributed by atoms with E-state index in [1.165, 1.54) is 33.3 Å². The zero-order chi connectivity index (χ0) is 14.7. The van der Waals surface area contributed by atoms with Gasteiger partial charge in [0.1, 0.15) is 11.2 Å². The van der Waals surface area contributed by atoms with Gasteiger partial charge in [0.15, 0.2) is 12.2 Å². The number of fused-ring (bicyclic) bond motifs is 5. The van der Waals surface area contributed by atoms with Crippen LogP contribution in [-0.4, -0.2) is 4.68 Å². The number of aromatic nitrogens is 2. The Morgan fingerprint density at radius 1 is 1.14 bits per heavy atom. The molecule has 0 atom stereocenters. The summed E-state index contributed by atoms with van der Waals surface area (Å²) in [7, 11) is 0. The molecule has 0 N–H and O–H groups in total. The van der Waals surface area contributed by atoms with Gasteiger partial charge in [0.05, 0.1) is 12.0 Å². The van der Waals surface area contributed by atoms with Crippen LogP contribution in [0.4, 0.5) is 5.69 Å². The van der Waals surface area contributed by atoms with Crippen molar-refractivity contribution in [3.8, 4) is 5.69 Å². The molecule has 0 bridgehead atoms. The molecule has 1 aliphatic heterocycles. The van der Waals surface area contributed by atoms with Crippen LogP contribution in [-0.2, 0) is 6.54 Å². The Morgan fingerprint density at radius 3 is 2.71 bits per heavy atom. The van der Waals surface area contributed by atoms with Crippen molar-refractivity contribution in [1.82, 2.24) is 4.68 Å². The number of benzene rings is 2. The molecule has 2 aromatic carbocycles. The summed E-state index contributed by atoms with van der Waals surface area (Å²) in [5, 5.41) is 1.19. The summed E-state index contributed by atoms with van der Waals surface area (Å²) in [4.78, 5) is 3.56. The van der Waals surface area contributed by atoms with Crippen molar-refractivity contribution in [1.29, 1.82) is 0 Å². The molecule has 21 heavy (non-hydrogen) atoms. The van der Waals surface area contributed by atoms with Crippen molar-refractivity contribution in [2.75, 3.05) is 0 Å². The van der Waals surface area contributed by atoms with Crippen LogP contribution in [0.5, 0.6) is 0 Å². The molecule has 1 aromatic heterocycles. The van der Waals surface area contributed by atoms with Crippen LogP contribution in [0.1, 0.15) is 22.3 Å². The molecule has 1 aliphatic rings. The van der Waals surface area contributed by atoms with Crippen molar-refractivity contribution in [2.24, 2.45) is 0 Å². The zero-order valence-electron chi connectivity index (χ0n) is 12.4. The summed E-state index contributed by atoms with van der Waals surface area (Å²) < 4.78 is 4.51.